The molecule has 146 valence electrons. The van der Waals surface area contributed by atoms with E-state index in [0.717, 1.165) is 16.7 Å². The topological polar surface area (TPSA) is 71.1 Å². The van der Waals surface area contributed by atoms with Gasteiger partial charge >= 0.3 is 17.5 Å². The molecule has 0 saturated carbocycles. The van der Waals surface area contributed by atoms with E-state index in [1.165, 1.54) is 0 Å². The number of hydrogen-bond donors (Lipinski definition) is 0. The molecule has 0 bridgehead atoms. The number of ether oxygens (including phenoxy) is 2. The highest BCUT2D eigenvalue weighted by Crippen LogP contribution is 2.16. The van der Waals surface area contributed by atoms with Gasteiger partial charge in [-0.3, -0.25) is 4.18 Å². The van der Waals surface area contributed by atoms with Crippen LogP contribution in [0.4, 0.5) is 4.79 Å². The van der Waals surface area contributed by atoms with Gasteiger partial charge in [-0.2, -0.15) is 4.21 Å². The van der Waals surface area contributed by atoms with Crippen LogP contribution in [0.1, 0.15) is 37.5 Å². The second kappa shape index (κ2) is 9.53. The molecule has 0 heterocycles. The largest absolute Gasteiger partial charge is 0.509 e. The molecular formula is C20H24O6S. The Balaban J connectivity index is 1.88. The van der Waals surface area contributed by atoms with Crippen molar-refractivity contribution in [1.29, 1.82) is 0 Å². The van der Waals surface area contributed by atoms with Crippen LogP contribution in [-0.2, 0) is 38.2 Å². The van der Waals surface area contributed by atoms with Gasteiger partial charge in [0.15, 0.2) is 0 Å². The molecule has 2 rings (SSSR count). The molecule has 0 aromatic heterocycles. The molecule has 27 heavy (non-hydrogen) atoms. The first kappa shape index (κ1) is 20.9. The summed E-state index contributed by atoms with van der Waals surface area (Å²) in [6.07, 6.45) is -0.746. The standard InChI is InChI=1S/C20H24O6S/c1-15-9-11-18(12-10-15)26-27(22)24-14-17-8-6-5-7-16(17)13-23-19(21)25-20(2,3)4/h5-12H,13-14H2,1-4H3. The number of aryl methyl sites for hydroxylation is 1. The molecule has 2 aromatic carbocycles. The number of carbonyl (C=O) groups excluding carboxylic acids is 1. The molecule has 0 radical (unpaired) electrons. The van der Waals surface area contributed by atoms with Gasteiger partial charge in [0.05, 0.1) is 6.61 Å². The van der Waals surface area contributed by atoms with Gasteiger partial charge in [-0.1, -0.05) is 42.0 Å². The molecule has 2 aromatic rings. The predicted molar refractivity (Wildman–Crippen MR) is 102 cm³/mol. The van der Waals surface area contributed by atoms with E-state index < -0.39 is 23.1 Å². The highest BCUT2D eigenvalue weighted by atomic mass is 32.2. The van der Waals surface area contributed by atoms with Crippen molar-refractivity contribution < 1.29 is 26.8 Å². The summed E-state index contributed by atoms with van der Waals surface area (Å²) in [6, 6.07) is 14.4. The Kier molecular flexibility index (Phi) is 7.38. The first-order valence-corrected chi connectivity index (χ1v) is 9.45. The van der Waals surface area contributed by atoms with E-state index in [-0.39, 0.29) is 13.2 Å². The van der Waals surface area contributed by atoms with Crippen molar-refractivity contribution in [2.75, 3.05) is 0 Å². The average molecular weight is 392 g/mol. The fourth-order valence-corrected chi connectivity index (χ4v) is 2.60. The summed E-state index contributed by atoms with van der Waals surface area (Å²) in [7, 11) is 0. The summed E-state index contributed by atoms with van der Waals surface area (Å²) in [4.78, 5) is 11.7. The van der Waals surface area contributed by atoms with Crippen LogP contribution >= 0.6 is 0 Å². The monoisotopic (exact) mass is 392 g/mol. The smallest absolute Gasteiger partial charge is 0.429 e. The summed E-state index contributed by atoms with van der Waals surface area (Å²) in [5, 5.41) is 0. The Labute approximate surface area is 162 Å². The lowest BCUT2D eigenvalue weighted by Gasteiger charge is -2.19. The maximum absolute atomic E-state index is 12.0. The minimum atomic E-state index is -1.94. The molecule has 0 aliphatic rings. The molecule has 0 aliphatic carbocycles. The zero-order valence-corrected chi connectivity index (χ0v) is 16.7. The van der Waals surface area contributed by atoms with Gasteiger partial charge < -0.3 is 13.7 Å². The average Bonchev–Trinajstić information content (AvgIpc) is 2.59. The van der Waals surface area contributed by atoms with Crippen molar-refractivity contribution in [3.63, 3.8) is 0 Å². The molecule has 6 nitrogen and oxygen atoms in total. The second-order valence-electron chi connectivity index (χ2n) is 6.88. The van der Waals surface area contributed by atoms with Crippen LogP contribution in [0.25, 0.3) is 0 Å². The second-order valence-corrected chi connectivity index (χ2v) is 7.70. The minimum absolute atomic E-state index is 0.0277. The quantitative estimate of drug-likeness (QED) is 0.640. The van der Waals surface area contributed by atoms with Gasteiger partial charge in [0.1, 0.15) is 18.0 Å². The number of benzene rings is 2. The summed E-state index contributed by atoms with van der Waals surface area (Å²) >= 11 is -1.94. The first-order valence-electron chi connectivity index (χ1n) is 8.45. The predicted octanol–water partition coefficient (Wildman–Crippen LogP) is 4.62. The normalized spacial score (nSPS) is 12.3. The van der Waals surface area contributed by atoms with Crippen LogP contribution in [0.3, 0.4) is 0 Å². The van der Waals surface area contributed by atoms with Crippen LogP contribution in [0.2, 0.25) is 0 Å². The number of carbonyl (C=O) groups is 1. The molecule has 1 atom stereocenters. The summed E-state index contributed by atoms with van der Waals surface area (Å²) in [5.41, 5.74) is 1.93. The highest BCUT2D eigenvalue weighted by molar-refractivity contribution is 7.75. The van der Waals surface area contributed by atoms with Crippen molar-refractivity contribution in [3.05, 3.63) is 65.2 Å². The molecule has 0 N–H and O–H groups in total. The van der Waals surface area contributed by atoms with Crippen LogP contribution in [-0.4, -0.2) is 16.0 Å². The van der Waals surface area contributed by atoms with E-state index in [4.69, 9.17) is 17.8 Å². The Morgan fingerprint density at radius 1 is 0.963 bits per heavy atom. The van der Waals surface area contributed by atoms with E-state index in [0.29, 0.717) is 5.75 Å². The van der Waals surface area contributed by atoms with Gasteiger partial charge in [0, 0.05) is 0 Å². The third kappa shape index (κ3) is 7.80. The number of rotatable bonds is 7. The third-order valence-corrected chi connectivity index (χ3v) is 3.99. The molecule has 0 aliphatic heterocycles. The van der Waals surface area contributed by atoms with Gasteiger partial charge in [-0.25, -0.2) is 4.79 Å². The van der Waals surface area contributed by atoms with E-state index >= 15 is 0 Å². The van der Waals surface area contributed by atoms with Crippen molar-refractivity contribution in [1.82, 2.24) is 0 Å². The Morgan fingerprint density at radius 3 is 2.15 bits per heavy atom. The van der Waals surface area contributed by atoms with E-state index in [1.807, 2.05) is 31.2 Å². The van der Waals surface area contributed by atoms with Crippen LogP contribution in [0, 0.1) is 6.92 Å². The highest BCUT2D eigenvalue weighted by Gasteiger charge is 2.18. The summed E-state index contributed by atoms with van der Waals surface area (Å²) in [5.74, 6) is 0.459. The molecule has 7 heteroatoms. The zero-order valence-electron chi connectivity index (χ0n) is 15.9. The van der Waals surface area contributed by atoms with Crippen molar-refractivity contribution >= 4 is 17.5 Å². The van der Waals surface area contributed by atoms with Gasteiger partial charge in [0.25, 0.3) is 0 Å². The maximum Gasteiger partial charge on any atom is 0.509 e. The van der Waals surface area contributed by atoms with Crippen LogP contribution in [0.15, 0.2) is 48.5 Å². The molecular weight excluding hydrogens is 368 g/mol. The van der Waals surface area contributed by atoms with E-state index in [9.17, 15) is 9.00 Å². The molecule has 0 spiro atoms. The molecule has 0 fully saturated rings. The lowest BCUT2D eigenvalue weighted by atomic mass is 10.1. The van der Waals surface area contributed by atoms with Crippen LogP contribution in [0.5, 0.6) is 5.75 Å². The van der Waals surface area contributed by atoms with Crippen molar-refractivity contribution in [2.24, 2.45) is 0 Å². The molecule has 0 amide bonds. The SMILES string of the molecule is Cc1ccc(OS(=O)OCc2ccccc2COC(=O)OC(C)(C)C)cc1. The Hall–Kier alpha value is -2.38. The van der Waals surface area contributed by atoms with Crippen LogP contribution < -0.4 is 4.18 Å². The van der Waals surface area contributed by atoms with Crippen molar-refractivity contribution in [2.45, 2.75) is 46.5 Å². The maximum atomic E-state index is 12.0. The van der Waals surface area contributed by atoms with Crippen molar-refractivity contribution in [3.8, 4) is 5.75 Å². The third-order valence-electron chi connectivity index (χ3n) is 3.35. The molecule has 1 unspecified atom stereocenters. The lowest BCUT2D eigenvalue weighted by molar-refractivity contribution is -0.0109. The summed E-state index contributed by atoms with van der Waals surface area (Å²) in [6.45, 7) is 7.32. The molecule has 0 saturated heterocycles. The Morgan fingerprint density at radius 2 is 1.56 bits per heavy atom. The zero-order chi connectivity index (χ0) is 19.9. The van der Waals surface area contributed by atoms with E-state index in [2.05, 4.69) is 0 Å². The minimum Gasteiger partial charge on any atom is -0.429 e. The Bertz CT molecular complexity index is 780. The van der Waals surface area contributed by atoms with E-state index in [1.54, 1.807) is 45.0 Å². The summed E-state index contributed by atoms with van der Waals surface area (Å²) < 4.78 is 32.7. The fraction of sp³-hybridized carbons (Fsp3) is 0.350. The van der Waals surface area contributed by atoms with Gasteiger partial charge in [-0.05, 0) is 51.0 Å². The number of hydrogen-bond acceptors (Lipinski definition) is 6. The first-order chi connectivity index (χ1) is 12.7. The van der Waals surface area contributed by atoms with Gasteiger partial charge in [0.2, 0.25) is 0 Å². The fourth-order valence-electron chi connectivity index (χ4n) is 2.06. The lowest BCUT2D eigenvalue weighted by Crippen LogP contribution is -2.24. The van der Waals surface area contributed by atoms with Gasteiger partial charge in [-0.15, -0.1) is 0 Å².